The van der Waals surface area contributed by atoms with E-state index in [4.69, 9.17) is 4.74 Å². The van der Waals surface area contributed by atoms with Crippen LogP contribution >= 0.6 is 11.8 Å². The number of aliphatic imine (C=N–C) groups is 1. The Morgan fingerprint density at radius 3 is 2.43 bits per heavy atom. The summed E-state index contributed by atoms with van der Waals surface area (Å²) in [6.07, 6.45) is 2.90. The van der Waals surface area contributed by atoms with E-state index in [1.807, 2.05) is 30.3 Å². The van der Waals surface area contributed by atoms with Crippen LogP contribution in [0.25, 0.3) is 6.08 Å². The summed E-state index contributed by atoms with van der Waals surface area (Å²) in [5.41, 5.74) is 3.57. The van der Waals surface area contributed by atoms with Gasteiger partial charge in [0, 0.05) is 31.9 Å². The van der Waals surface area contributed by atoms with E-state index in [0.29, 0.717) is 11.5 Å². The first-order valence-electron chi connectivity index (χ1n) is 10.4. The Labute approximate surface area is 182 Å². The van der Waals surface area contributed by atoms with Gasteiger partial charge in [-0.05, 0) is 60.5 Å². The molecule has 1 saturated heterocycles. The summed E-state index contributed by atoms with van der Waals surface area (Å²) in [6, 6.07) is 16.3. The van der Waals surface area contributed by atoms with Crippen molar-refractivity contribution in [3.63, 3.8) is 0 Å². The molecule has 5 nitrogen and oxygen atoms in total. The van der Waals surface area contributed by atoms with Crippen LogP contribution in [0, 0.1) is 6.92 Å². The average Bonchev–Trinajstić information content (AvgIpc) is 3.14. The van der Waals surface area contributed by atoms with Crippen LogP contribution in [0.5, 0.6) is 5.75 Å². The summed E-state index contributed by atoms with van der Waals surface area (Å²) in [4.78, 5) is 22.1. The lowest BCUT2D eigenvalue weighted by atomic mass is 10.1. The minimum absolute atomic E-state index is 0.150. The van der Waals surface area contributed by atoms with Gasteiger partial charge < -0.3 is 14.5 Å². The van der Waals surface area contributed by atoms with Crippen LogP contribution in [-0.4, -0.2) is 48.8 Å². The molecular formula is C24H27N3O2S. The standard InChI is InChI=1S/C24H27N3O2S/c1-3-16-29-20-10-8-19(9-11-20)17-22-23(28)25-24(30-22)27-14-12-26(13-15-27)21-7-5-4-6-18(21)2/h4-11,17H,3,12-16H2,1-2H3/b22-17-. The highest BCUT2D eigenvalue weighted by molar-refractivity contribution is 8.18. The average molecular weight is 422 g/mol. The third-order valence-electron chi connectivity index (χ3n) is 5.27. The lowest BCUT2D eigenvalue weighted by Crippen LogP contribution is -2.48. The monoisotopic (exact) mass is 421 g/mol. The van der Waals surface area contributed by atoms with Crippen molar-refractivity contribution in [2.45, 2.75) is 20.3 Å². The zero-order valence-electron chi connectivity index (χ0n) is 17.5. The Balaban J connectivity index is 1.36. The number of hydrogen-bond donors (Lipinski definition) is 0. The number of nitrogens with zero attached hydrogens (tertiary/aromatic N) is 3. The first-order chi connectivity index (χ1) is 14.6. The molecule has 2 heterocycles. The number of thioether (sulfide) groups is 1. The van der Waals surface area contributed by atoms with Crippen molar-refractivity contribution in [2.75, 3.05) is 37.7 Å². The van der Waals surface area contributed by atoms with Crippen LogP contribution in [-0.2, 0) is 4.79 Å². The molecule has 0 bridgehead atoms. The van der Waals surface area contributed by atoms with E-state index in [0.717, 1.165) is 49.1 Å². The Bertz CT molecular complexity index is 961. The van der Waals surface area contributed by atoms with E-state index in [2.05, 4.69) is 52.9 Å². The number of benzene rings is 2. The Kier molecular flexibility index (Phi) is 6.43. The minimum Gasteiger partial charge on any atom is -0.494 e. The van der Waals surface area contributed by atoms with Crippen molar-refractivity contribution in [1.29, 1.82) is 0 Å². The van der Waals surface area contributed by atoms with E-state index < -0.39 is 0 Å². The zero-order chi connectivity index (χ0) is 20.9. The number of hydrogen-bond acceptors (Lipinski definition) is 5. The Morgan fingerprint density at radius 1 is 1.03 bits per heavy atom. The summed E-state index contributed by atoms with van der Waals surface area (Å²) < 4.78 is 5.62. The van der Waals surface area contributed by atoms with Crippen molar-refractivity contribution in [1.82, 2.24) is 4.90 Å². The number of anilines is 1. The second-order valence-electron chi connectivity index (χ2n) is 7.49. The fourth-order valence-corrected chi connectivity index (χ4v) is 4.59. The van der Waals surface area contributed by atoms with Gasteiger partial charge in [0.25, 0.3) is 5.91 Å². The predicted molar refractivity (Wildman–Crippen MR) is 125 cm³/mol. The molecule has 30 heavy (non-hydrogen) atoms. The maximum Gasteiger partial charge on any atom is 0.286 e. The van der Waals surface area contributed by atoms with Gasteiger partial charge in [-0.2, -0.15) is 4.99 Å². The molecular weight excluding hydrogens is 394 g/mol. The smallest absolute Gasteiger partial charge is 0.286 e. The largest absolute Gasteiger partial charge is 0.494 e. The molecule has 0 radical (unpaired) electrons. The van der Waals surface area contributed by atoms with E-state index in [9.17, 15) is 4.79 Å². The summed E-state index contributed by atoms with van der Waals surface area (Å²) in [6.45, 7) is 8.53. The van der Waals surface area contributed by atoms with Crippen molar-refractivity contribution in [2.24, 2.45) is 4.99 Å². The quantitative estimate of drug-likeness (QED) is 0.662. The normalized spacial score (nSPS) is 18.1. The number of piperazine rings is 1. The van der Waals surface area contributed by atoms with E-state index in [1.165, 1.54) is 23.0 Å². The number of rotatable bonds is 5. The minimum atomic E-state index is -0.150. The van der Waals surface area contributed by atoms with Crippen molar-refractivity contribution < 1.29 is 9.53 Å². The molecule has 0 aromatic heterocycles. The lowest BCUT2D eigenvalue weighted by molar-refractivity contribution is -0.113. The molecule has 6 heteroatoms. The van der Waals surface area contributed by atoms with E-state index >= 15 is 0 Å². The fourth-order valence-electron chi connectivity index (χ4n) is 3.62. The topological polar surface area (TPSA) is 45.1 Å². The number of carbonyl (C=O) groups excluding carboxylic acids is 1. The van der Waals surface area contributed by atoms with Gasteiger partial charge in [-0.3, -0.25) is 4.79 Å². The molecule has 0 spiro atoms. The van der Waals surface area contributed by atoms with Crippen LogP contribution in [0.2, 0.25) is 0 Å². The highest BCUT2D eigenvalue weighted by Gasteiger charge is 2.28. The van der Waals surface area contributed by atoms with Crippen LogP contribution in [0.1, 0.15) is 24.5 Å². The molecule has 0 atom stereocenters. The molecule has 0 aliphatic carbocycles. The first-order valence-corrected chi connectivity index (χ1v) is 11.3. The summed E-state index contributed by atoms with van der Waals surface area (Å²) >= 11 is 1.48. The number of amides is 1. The third-order valence-corrected chi connectivity index (χ3v) is 6.31. The number of aryl methyl sites for hydroxylation is 1. The van der Waals surface area contributed by atoms with Gasteiger partial charge >= 0.3 is 0 Å². The van der Waals surface area contributed by atoms with Gasteiger partial charge in [0.15, 0.2) is 5.17 Å². The van der Waals surface area contributed by atoms with Crippen LogP contribution in [0.3, 0.4) is 0 Å². The molecule has 0 unspecified atom stereocenters. The number of amidine groups is 1. The maximum absolute atomic E-state index is 12.4. The first kappa shape index (κ1) is 20.5. The lowest BCUT2D eigenvalue weighted by Gasteiger charge is -2.37. The van der Waals surface area contributed by atoms with Crippen LogP contribution < -0.4 is 9.64 Å². The van der Waals surface area contributed by atoms with Crippen LogP contribution in [0.4, 0.5) is 5.69 Å². The van der Waals surface area contributed by atoms with Crippen molar-refractivity contribution >= 4 is 34.6 Å². The summed E-state index contributed by atoms with van der Waals surface area (Å²) in [5.74, 6) is 0.704. The van der Waals surface area contributed by atoms with Gasteiger partial charge in [-0.15, -0.1) is 0 Å². The maximum atomic E-state index is 12.4. The van der Waals surface area contributed by atoms with Crippen molar-refractivity contribution in [3.05, 3.63) is 64.6 Å². The van der Waals surface area contributed by atoms with Crippen LogP contribution in [0.15, 0.2) is 58.4 Å². The predicted octanol–water partition coefficient (Wildman–Crippen LogP) is 4.58. The molecule has 0 saturated carbocycles. The van der Waals surface area contributed by atoms with E-state index in [-0.39, 0.29) is 5.91 Å². The third kappa shape index (κ3) is 4.70. The molecule has 1 amide bonds. The number of ether oxygens (including phenoxy) is 1. The summed E-state index contributed by atoms with van der Waals surface area (Å²) in [7, 11) is 0. The molecule has 2 aromatic carbocycles. The number of carbonyl (C=O) groups is 1. The van der Waals surface area contributed by atoms with Gasteiger partial charge in [0.1, 0.15) is 5.75 Å². The molecule has 0 N–H and O–H groups in total. The molecule has 4 rings (SSSR count). The summed E-state index contributed by atoms with van der Waals surface area (Å²) in [5, 5.41) is 0.818. The molecule has 2 aliphatic rings. The van der Waals surface area contributed by atoms with Gasteiger partial charge in [0.05, 0.1) is 11.5 Å². The zero-order valence-corrected chi connectivity index (χ0v) is 18.3. The fraction of sp³-hybridized carbons (Fsp3) is 0.333. The molecule has 156 valence electrons. The molecule has 2 aromatic rings. The van der Waals surface area contributed by atoms with E-state index in [1.54, 1.807) is 0 Å². The molecule has 2 aliphatic heterocycles. The highest BCUT2D eigenvalue weighted by Crippen LogP contribution is 2.31. The molecule has 1 fully saturated rings. The Hall–Kier alpha value is -2.73. The van der Waals surface area contributed by atoms with Gasteiger partial charge in [0.2, 0.25) is 0 Å². The SMILES string of the molecule is CCCOc1ccc(/C=C2\SC(N3CCN(c4ccccc4C)CC3)=NC2=O)cc1. The number of para-hydroxylation sites is 1. The highest BCUT2D eigenvalue weighted by atomic mass is 32.2. The van der Waals surface area contributed by atoms with Gasteiger partial charge in [-0.25, -0.2) is 0 Å². The Morgan fingerprint density at radius 2 is 1.73 bits per heavy atom. The van der Waals surface area contributed by atoms with Crippen molar-refractivity contribution in [3.8, 4) is 5.75 Å². The second kappa shape index (κ2) is 9.39. The second-order valence-corrected chi connectivity index (χ2v) is 8.50. The van der Waals surface area contributed by atoms with Gasteiger partial charge in [-0.1, -0.05) is 37.3 Å².